The van der Waals surface area contributed by atoms with Crippen molar-refractivity contribution in [3.63, 3.8) is 0 Å². The van der Waals surface area contributed by atoms with Crippen LogP contribution < -0.4 is 4.74 Å². The molecule has 0 aromatic heterocycles. The van der Waals surface area contributed by atoms with E-state index in [1.165, 1.54) is 6.07 Å². The van der Waals surface area contributed by atoms with Crippen LogP contribution >= 0.6 is 0 Å². The third kappa shape index (κ3) is 3.83. The zero-order chi connectivity index (χ0) is 16.1. The van der Waals surface area contributed by atoms with Crippen molar-refractivity contribution in [1.82, 2.24) is 4.90 Å². The van der Waals surface area contributed by atoms with E-state index in [9.17, 15) is 10.1 Å². The molecule has 2 aromatic carbocycles. The van der Waals surface area contributed by atoms with Crippen molar-refractivity contribution in [2.45, 2.75) is 19.5 Å². The molecule has 2 rings (SSSR count). The van der Waals surface area contributed by atoms with Gasteiger partial charge in [0.05, 0.1) is 12.0 Å². The molecule has 1 unspecified atom stereocenters. The largest absolute Gasteiger partial charge is 0.497 e. The van der Waals surface area contributed by atoms with Crippen molar-refractivity contribution in [2.75, 3.05) is 14.2 Å². The summed E-state index contributed by atoms with van der Waals surface area (Å²) in [4.78, 5) is 12.7. The molecule has 0 fully saturated rings. The molecule has 0 N–H and O–H groups in total. The highest BCUT2D eigenvalue weighted by Crippen LogP contribution is 2.24. The number of benzene rings is 2. The van der Waals surface area contributed by atoms with E-state index < -0.39 is 0 Å². The van der Waals surface area contributed by atoms with Crippen LogP contribution in [0.2, 0.25) is 0 Å². The molecular weight excluding hydrogens is 280 g/mol. The van der Waals surface area contributed by atoms with E-state index in [0.717, 1.165) is 23.4 Å². The molecule has 22 heavy (non-hydrogen) atoms. The van der Waals surface area contributed by atoms with Gasteiger partial charge in [-0.05, 0) is 37.2 Å². The first-order chi connectivity index (χ1) is 10.5. The third-order valence-electron chi connectivity index (χ3n) is 3.79. The van der Waals surface area contributed by atoms with Crippen LogP contribution in [0.1, 0.15) is 24.1 Å². The average Bonchev–Trinajstić information content (AvgIpc) is 2.54. The number of ether oxygens (including phenoxy) is 1. The number of hydrogen-bond acceptors (Lipinski definition) is 4. The number of nitro groups is 1. The molecule has 0 saturated heterocycles. The minimum absolute atomic E-state index is 0.0751. The number of non-ortho nitro benzene ring substituents is 1. The van der Waals surface area contributed by atoms with Crippen molar-refractivity contribution in [3.8, 4) is 5.75 Å². The number of methoxy groups -OCH3 is 1. The second kappa shape index (κ2) is 7.04. The molecule has 1 atom stereocenters. The Morgan fingerprint density at radius 2 is 1.95 bits per heavy atom. The van der Waals surface area contributed by atoms with Crippen LogP contribution in [0.4, 0.5) is 5.69 Å². The molecule has 0 spiro atoms. The molecule has 5 heteroatoms. The zero-order valence-electron chi connectivity index (χ0n) is 13.0. The van der Waals surface area contributed by atoms with Crippen molar-refractivity contribution < 1.29 is 9.66 Å². The molecule has 0 amide bonds. The lowest BCUT2D eigenvalue weighted by atomic mass is 10.1. The predicted molar refractivity (Wildman–Crippen MR) is 86.0 cm³/mol. The predicted octanol–water partition coefficient (Wildman–Crippen LogP) is 3.80. The fourth-order valence-electron chi connectivity index (χ4n) is 2.35. The van der Waals surface area contributed by atoms with E-state index in [2.05, 4.69) is 4.90 Å². The summed E-state index contributed by atoms with van der Waals surface area (Å²) in [5.41, 5.74) is 2.19. The molecule has 0 aliphatic carbocycles. The van der Waals surface area contributed by atoms with Gasteiger partial charge in [0.1, 0.15) is 5.75 Å². The van der Waals surface area contributed by atoms with Crippen LogP contribution in [0.5, 0.6) is 5.75 Å². The summed E-state index contributed by atoms with van der Waals surface area (Å²) in [5, 5.41) is 10.9. The molecule has 0 bridgehead atoms. The van der Waals surface area contributed by atoms with E-state index in [1.807, 2.05) is 44.3 Å². The first-order valence-corrected chi connectivity index (χ1v) is 7.09. The van der Waals surface area contributed by atoms with Crippen LogP contribution in [-0.2, 0) is 6.54 Å². The van der Waals surface area contributed by atoms with Crippen LogP contribution in [0.15, 0.2) is 48.5 Å². The molecule has 5 nitrogen and oxygen atoms in total. The Kier molecular flexibility index (Phi) is 5.12. The molecule has 2 aromatic rings. The minimum atomic E-state index is -0.363. The second-order valence-electron chi connectivity index (χ2n) is 5.29. The van der Waals surface area contributed by atoms with E-state index in [4.69, 9.17) is 4.74 Å². The molecule has 0 saturated carbocycles. The number of nitro benzene ring substituents is 1. The Hall–Kier alpha value is -2.40. The van der Waals surface area contributed by atoms with Crippen LogP contribution in [0, 0.1) is 10.1 Å². The Morgan fingerprint density at radius 3 is 2.64 bits per heavy atom. The zero-order valence-corrected chi connectivity index (χ0v) is 13.0. The van der Waals surface area contributed by atoms with Gasteiger partial charge in [0, 0.05) is 24.7 Å². The average molecular weight is 300 g/mol. The van der Waals surface area contributed by atoms with Crippen molar-refractivity contribution in [2.24, 2.45) is 0 Å². The monoisotopic (exact) mass is 300 g/mol. The fraction of sp³-hybridized carbons (Fsp3) is 0.294. The van der Waals surface area contributed by atoms with E-state index in [0.29, 0.717) is 0 Å². The molecule has 116 valence electrons. The summed E-state index contributed by atoms with van der Waals surface area (Å²) in [7, 11) is 3.65. The van der Waals surface area contributed by atoms with Crippen molar-refractivity contribution in [1.29, 1.82) is 0 Å². The van der Waals surface area contributed by atoms with E-state index in [-0.39, 0.29) is 16.7 Å². The maximum absolute atomic E-state index is 10.9. The lowest BCUT2D eigenvalue weighted by Crippen LogP contribution is -2.22. The lowest BCUT2D eigenvalue weighted by molar-refractivity contribution is -0.384. The summed E-state index contributed by atoms with van der Waals surface area (Å²) in [5.74, 6) is 0.828. The minimum Gasteiger partial charge on any atom is -0.497 e. The number of rotatable bonds is 6. The quantitative estimate of drug-likeness (QED) is 0.601. The van der Waals surface area contributed by atoms with Crippen LogP contribution in [0.3, 0.4) is 0 Å². The highest BCUT2D eigenvalue weighted by atomic mass is 16.6. The summed E-state index contributed by atoms with van der Waals surface area (Å²) in [6.45, 7) is 2.78. The van der Waals surface area contributed by atoms with Gasteiger partial charge in [0.25, 0.3) is 5.69 Å². The maximum Gasteiger partial charge on any atom is 0.269 e. The Balaban J connectivity index is 2.12. The van der Waals surface area contributed by atoms with Gasteiger partial charge >= 0.3 is 0 Å². The van der Waals surface area contributed by atoms with Gasteiger partial charge in [0.15, 0.2) is 0 Å². The third-order valence-corrected chi connectivity index (χ3v) is 3.79. The van der Waals surface area contributed by atoms with Gasteiger partial charge in [0.2, 0.25) is 0 Å². The molecule has 0 aliphatic rings. The van der Waals surface area contributed by atoms with E-state index in [1.54, 1.807) is 19.2 Å². The summed E-state index contributed by atoms with van der Waals surface area (Å²) in [6, 6.07) is 14.8. The Bertz CT molecular complexity index is 658. The standard InChI is InChI=1S/C17H20N2O3/c1-13(15-7-5-8-16(11-15)19(20)21)18(2)12-14-6-4-9-17(10-14)22-3/h4-11,13H,12H2,1-3H3. The fourth-order valence-corrected chi connectivity index (χ4v) is 2.35. The van der Waals surface area contributed by atoms with Crippen LogP contribution in [0.25, 0.3) is 0 Å². The molecule has 0 aliphatic heterocycles. The molecule has 0 heterocycles. The van der Waals surface area contributed by atoms with Gasteiger partial charge in [-0.1, -0.05) is 24.3 Å². The van der Waals surface area contributed by atoms with E-state index >= 15 is 0 Å². The van der Waals surface area contributed by atoms with Gasteiger partial charge < -0.3 is 4.74 Å². The van der Waals surface area contributed by atoms with Gasteiger partial charge in [-0.2, -0.15) is 0 Å². The normalized spacial score (nSPS) is 12.2. The van der Waals surface area contributed by atoms with Crippen LogP contribution in [-0.4, -0.2) is 24.0 Å². The molecular formula is C17H20N2O3. The molecule has 0 radical (unpaired) electrons. The second-order valence-corrected chi connectivity index (χ2v) is 5.29. The summed E-state index contributed by atoms with van der Waals surface area (Å²) in [6.07, 6.45) is 0. The van der Waals surface area contributed by atoms with Gasteiger partial charge in [-0.25, -0.2) is 0 Å². The first-order valence-electron chi connectivity index (χ1n) is 7.09. The Morgan fingerprint density at radius 1 is 1.23 bits per heavy atom. The SMILES string of the molecule is COc1cccc(CN(C)C(C)c2cccc([N+](=O)[O-])c2)c1. The lowest BCUT2D eigenvalue weighted by Gasteiger charge is -2.25. The van der Waals surface area contributed by atoms with Crippen molar-refractivity contribution >= 4 is 5.69 Å². The topological polar surface area (TPSA) is 55.6 Å². The number of hydrogen-bond donors (Lipinski definition) is 0. The summed E-state index contributed by atoms with van der Waals surface area (Å²) < 4.78 is 5.23. The highest BCUT2D eigenvalue weighted by Gasteiger charge is 2.15. The first kappa shape index (κ1) is 16.0. The van der Waals surface area contributed by atoms with Gasteiger partial charge in [-0.15, -0.1) is 0 Å². The maximum atomic E-state index is 10.9. The smallest absolute Gasteiger partial charge is 0.269 e. The summed E-state index contributed by atoms with van der Waals surface area (Å²) >= 11 is 0. The van der Waals surface area contributed by atoms with Gasteiger partial charge in [-0.3, -0.25) is 15.0 Å². The van der Waals surface area contributed by atoms with Crippen molar-refractivity contribution in [3.05, 3.63) is 69.8 Å². The highest BCUT2D eigenvalue weighted by molar-refractivity contribution is 5.36. The Labute approximate surface area is 130 Å². The number of nitrogens with zero attached hydrogens (tertiary/aromatic N) is 2.